The molecule has 0 spiro atoms. The first-order valence-corrected chi connectivity index (χ1v) is 1.78. The van der Waals surface area contributed by atoms with Crippen molar-refractivity contribution in [2.45, 2.75) is 6.92 Å². The second-order valence-electron chi connectivity index (χ2n) is 0.516. The van der Waals surface area contributed by atoms with E-state index in [1.807, 2.05) is 6.92 Å². The first-order chi connectivity index (χ1) is 2.91. The molecule has 0 fully saturated rings. The summed E-state index contributed by atoms with van der Waals surface area (Å²) in [6, 6.07) is 0. The molecule has 0 aromatic heterocycles. The molecule has 1 heteroatoms. The van der Waals surface area contributed by atoms with Crippen LogP contribution in [0.2, 0.25) is 0 Å². The van der Waals surface area contributed by atoms with Crippen LogP contribution in [0.5, 0.6) is 0 Å². The van der Waals surface area contributed by atoms with E-state index in [0.717, 1.165) is 0 Å². The summed E-state index contributed by atoms with van der Waals surface area (Å²) in [6.07, 6.45) is 1.75. The molecule has 6 heavy (non-hydrogen) atoms. The average molecular weight is 85.1 g/mol. The largest absolute Gasteiger partial charge is 0.301 e. The van der Waals surface area contributed by atoms with Crippen molar-refractivity contribution in [3.8, 4) is 0 Å². The molecule has 0 aliphatic carbocycles. The van der Waals surface area contributed by atoms with Gasteiger partial charge in [0, 0.05) is 7.05 Å². The SMILES string of the molecule is C=C.CC=NC. The minimum absolute atomic E-state index is 1.75. The second-order valence-corrected chi connectivity index (χ2v) is 0.516. The molecule has 0 bridgehead atoms. The predicted octanol–water partition coefficient (Wildman–Crippen LogP) is 1.51. The molecule has 0 saturated heterocycles. The van der Waals surface area contributed by atoms with Gasteiger partial charge in [-0.25, -0.2) is 0 Å². The van der Waals surface area contributed by atoms with Gasteiger partial charge in [-0.05, 0) is 13.1 Å². The Bertz CT molecular complexity index is 26.9. The lowest BCUT2D eigenvalue weighted by Crippen LogP contribution is -1.47. The van der Waals surface area contributed by atoms with Crippen LogP contribution in [0.25, 0.3) is 0 Å². The van der Waals surface area contributed by atoms with E-state index in [4.69, 9.17) is 0 Å². The van der Waals surface area contributed by atoms with E-state index in [1.54, 1.807) is 13.3 Å². The normalized spacial score (nSPS) is 7.00. The Hall–Kier alpha value is -0.590. The van der Waals surface area contributed by atoms with E-state index in [1.165, 1.54) is 0 Å². The van der Waals surface area contributed by atoms with Crippen LogP contribution in [0.3, 0.4) is 0 Å². The molecule has 0 radical (unpaired) electrons. The van der Waals surface area contributed by atoms with Gasteiger partial charge in [0.15, 0.2) is 0 Å². The van der Waals surface area contributed by atoms with Gasteiger partial charge in [-0.3, -0.25) is 0 Å². The van der Waals surface area contributed by atoms with Gasteiger partial charge >= 0.3 is 0 Å². The van der Waals surface area contributed by atoms with Crippen LogP contribution in [-0.4, -0.2) is 13.3 Å². The van der Waals surface area contributed by atoms with E-state index >= 15 is 0 Å². The zero-order valence-corrected chi connectivity index (χ0v) is 4.44. The summed E-state index contributed by atoms with van der Waals surface area (Å²) in [6.45, 7) is 7.89. The lowest BCUT2D eigenvalue weighted by Gasteiger charge is -1.53. The molecule has 0 aromatic rings. The molecule has 0 heterocycles. The average Bonchev–Trinajstić information content (AvgIpc) is 1.72. The van der Waals surface area contributed by atoms with Crippen LogP contribution >= 0.6 is 0 Å². The van der Waals surface area contributed by atoms with Gasteiger partial charge < -0.3 is 4.99 Å². The van der Waals surface area contributed by atoms with Gasteiger partial charge in [-0.15, -0.1) is 13.2 Å². The highest BCUT2D eigenvalue weighted by molar-refractivity contribution is 5.52. The Balaban J connectivity index is 0. The lowest BCUT2D eigenvalue weighted by molar-refractivity contribution is 1.46. The van der Waals surface area contributed by atoms with E-state index < -0.39 is 0 Å². The van der Waals surface area contributed by atoms with Gasteiger partial charge in [-0.1, -0.05) is 0 Å². The van der Waals surface area contributed by atoms with E-state index in [9.17, 15) is 0 Å². The molecule has 0 rings (SSSR count). The molecule has 0 atom stereocenters. The highest BCUT2D eigenvalue weighted by Crippen LogP contribution is 1.39. The van der Waals surface area contributed by atoms with Gasteiger partial charge in [0.05, 0.1) is 0 Å². The first kappa shape index (κ1) is 9.05. The minimum atomic E-state index is 1.75. The smallest absolute Gasteiger partial charge is 0.0273 e. The molecule has 0 N–H and O–H groups in total. The summed E-state index contributed by atoms with van der Waals surface area (Å²) in [4.78, 5) is 3.61. The lowest BCUT2D eigenvalue weighted by atomic mass is 10.9. The van der Waals surface area contributed by atoms with Gasteiger partial charge in [0.1, 0.15) is 0 Å². The predicted molar refractivity (Wildman–Crippen MR) is 31.3 cm³/mol. The Kier molecular flexibility index (Phi) is 38.9. The van der Waals surface area contributed by atoms with Crippen LogP contribution < -0.4 is 0 Å². The fourth-order valence-electron chi connectivity index (χ4n) is 0. The standard InChI is InChI=1S/C3H7N.C2H4/c1-3-4-2;1-2/h3H,1-2H3;1-2H2. The van der Waals surface area contributed by atoms with Crippen LogP contribution in [0.1, 0.15) is 6.92 Å². The van der Waals surface area contributed by atoms with Crippen molar-refractivity contribution in [2.24, 2.45) is 4.99 Å². The monoisotopic (exact) mass is 85.1 g/mol. The van der Waals surface area contributed by atoms with E-state index in [2.05, 4.69) is 18.2 Å². The summed E-state index contributed by atoms with van der Waals surface area (Å²) >= 11 is 0. The Morgan fingerprint density at radius 3 is 1.67 bits per heavy atom. The van der Waals surface area contributed by atoms with E-state index in [0.29, 0.717) is 0 Å². The zero-order valence-electron chi connectivity index (χ0n) is 4.44. The maximum absolute atomic E-state index is 3.61. The van der Waals surface area contributed by atoms with Gasteiger partial charge in [-0.2, -0.15) is 0 Å². The summed E-state index contributed by atoms with van der Waals surface area (Å²) in [7, 11) is 1.75. The number of aliphatic imine (C=N–C) groups is 1. The Morgan fingerprint density at radius 2 is 1.67 bits per heavy atom. The fraction of sp³-hybridized carbons (Fsp3) is 0.400. The molecule has 0 aromatic carbocycles. The maximum Gasteiger partial charge on any atom is 0.0273 e. The van der Waals surface area contributed by atoms with Crippen LogP contribution in [-0.2, 0) is 0 Å². The molecule has 0 aliphatic rings. The number of nitrogens with zero attached hydrogens (tertiary/aromatic N) is 1. The van der Waals surface area contributed by atoms with Crippen LogP contribution in [0.4, 0.5) is 0 Å². The topological polar surface area (TPSA) is 12.4 Å². The quantitative estimate of drug-likeness (QED) is 0.312. The molecule has 0 aliphatic heterocycles. The fourth-order valence-corrected chi connectivity index (χ4v) is 0. The van der Waals surface area contributed by atoms with E-state index in [-0.39, 0.29) is 0 Å². The molecule has 1 nitrogen and oxygen atoms in total. The Morgan fingerprint density at radius 1 is 1.50 bits per heavy atom. The summed E-state index contributed by atoms with van der Waals surface area (Å²) in [5, 5.41) is 0. The van der Waals surface area contributed by atoms with Crippen molar-refractivity contribution in [3.05, 3.63) is 13.2 Å². The summed E-state index contributed by atoms with van der Waals surface area (Å²) in [5.74, 6) is 0. The number of hydrogen-bond donors (Lipinski definition) is 0. The molecule has 0 saturated carbocycles. The zero-order chi connectivity index (χ0) is 5.41. The van der Waals surface area contributed by atoms with Crippen molar-refractivity contribution in [3.63, 3.8) is 0 Å². The maximum atomic E-state index is 3.61. The van der Waals surface area contributed by atoms with Gasteiger partial charge in [0.2, 0.25) is 0 Å². The van der Waals surface area contributed by atoms with Crippen LogP contribution in [0.15, 0.2) is 18.2 Å². The van der Waals surface area contributed by atoms with Crippen molar-refractivity contribution < 1.29 is 0 Å². The molecule has 36 valence electrons. The highest BCUT2D eigenvalue weighted by Gasteiger charge is 1.32. The Labute approximate surface area is 39.4 Å². The number of rotatable bonds is 0. The molecular formula is C5H11N. The molecular weight excluding hydrogens is 74.1 g/mol. The third-order valence-corrected chi connectivity index (χ3v) is 0.258. The van der Waals surface area contributed by atoms with Gasteiger partial charge in [0.25, 0.3) is 0 Å². The first-order valence-electron chi connectivity index (χ1n) is 1.78. The molecule has 0 amide bonds. The highest BCUT2D eigenvalue weighted by atomic mass is 14.6. The minimum Gasteiger partial charge on any atom is -0.301 e. The molecule has 0 unspecified atom stereocenters. The van der Waals surface area contributed by atoms with Crippen molar-refractivity contribution in [1.29, 1.82) is 0 Å². The third-order valence-electron chi connectivity index (χ3n) is 0.258. The van der Waals surface area contributed by atoms with Crippen molar-refractivity contribution in [2.75, 3.05) is 7.05 Å². The number of hydrogen-bond acceptors (Lipinski definition) is 1. The second kappa shape index (κ2) is 25.8. The summed E-state index contributed by atoms with van der Waals surface area (Å²) < 4.78 is 0. The summed E-state index contributed by atoms with van der Waals surface area (Å²) in [5.41, 5.74) is 0. The van der Waals surface area contributed by atoms with Crippen molar-refractivity contribution >= 4 is 6.21 Å². The van der Waals surface area contributed by atoms with Crippen LogP contribution in [0, 0.1) is 0 Å². The van der Waals surface area contributed by atoms with Crippen molar-refractivity contribution in [1.82, 2.24) is 0 Å². The third kappa shape index (κ3) is 118.